The van der Waals surface area contributed by atoms with Crippen molar-refractivity contribution < 1.29 is 22.9 Å². The topological polar surface area (TPSA) is 142 Å². The number of rotatable bonds is 5. The van der Waals surface area contributed by atoms with Gasteiger partial charge in [-0.2, -0.15) is 0 Å². The predicted molar refractivity (Wildman–Crippen MR) is 71.3 cm³/mol. The largest absolute Gasteiger partial charge is 0.410 e. The van der Waals surface area contributed by atoms with Crippen LogP contribution in [-0.2, 0) is 10.0 Å². The molecule has 0 unspecified atom stereocenters. The van der Waals surface area contributed by atoms with Crippen LogP contribution in [0.25, 0.3) is 0 Å². The first-order valence-electron chi connectivity index (χ1n) is 5.93. The van der Waals surface area contributed by atoms with Gasteiger partial charge in [0.05, 0.1) is 9.82 Å². The fourth-order valence-corrected chi connectivity index (χ4v) is 3.16. The normalized spacial score (nSPS) is 16.2. The molecule has 0 saturated heterocycles. The molecule has 2 rings (SSSR count). The number of carbonyl (C=O) groups excluding carboxylic acids is 1. The number of primary amides is 1. The highest BCUT2D eigenvalue weighted by Crippen LogP contribution is 2.37. The molecule has 10 heteroatoms. The molecule has 1 aliphatic carbocycles. The van der Waals surface area contributed by atoms with E-state index in [1.165, 1.54) is 0 Å². The Bertz CT molecular complexity index is 711. The van der Waals surface area contributed by atoms with Gasteiger partial charge >= 0.3 is 11.8 Å². The molecule has 1 aromatic carbocycles. The molecule has 1 aromatic rings. The number of ether oxygens (including phenoxy) is 1. The van der Waals surface area contributed by atoms with Crippen LogP contribution in [0.2, 0.25) is 0 Å². The second kappa shape index (κ2) is 4.97. The second-order valence-electron chi connectivity index (χ2n) is 4.97. The van der Waals surface area contributed by atoms with Crippen molar-refractivity contribution in [2.24, 2.45) is 5.73 Å². The zero-order valence-corrected chi connectivity index (χ0v) is 11.8. The minimum Gasteiger partial charge on any atom is -0.403 e. The zero-order chi connectivity index (χ0) is 15.8. The van der Waals surface area contributed by atoms with Crippen LogP contribution in [-0.4, -0.2) is 25.0 Å². The summed E-state index contributed by atoms with van der Waals surface area (Å²) in [5.74, 6) is -0.413. The molecule has 3 N–H and O–H groups in total. The van der Waals surface area contributed by atoms with E-state index in [2.05, 4.69) is 9.46 Å². The SMILES string of the molecule is CC1(NS(=O)(=O)c2ccc(OC(N)=O)c([N+](=O)[O-])c2)CC1. The van der Waals surface area contributed by atoms with Gasteiger partial charge in [0.25, 0.3) is 0 Å². The van der Waals surface area contributed by atoms with Crippen LogP contribution in [0.4, 0.5) is 10.5 Å². The molecule has 0 bridgehead atoms. The van der Waals surface area contributed by atoms with E-state index in [1.54, 1.807) is 6.92 Å². The van der Waals surface area contributed by atoms with Crippen molar-refractivity contribution in [2.45, 2.75) is 30.2 Å². The number of hydrogen-bond acceptors (Lipinski definition) is 6. The van der Waals surface area contributed by atoms with E-state index in [1.807, 2.05) is 0 Å². The first kappa shape index (κ1) is 15.2. The van der Waals surface area contributed by atoms with Crippen molar-refractivity contribution in [1.82, 2.24) is 4.72 Å². The summed E-state index contributed by atoms with van der Waals surface area (Å²) in [7, 11) is -3.88. The zero-order valence-electron chi connectivity index (χ0n) is 11.0. The summed E-state index contributed by atoms with van der Waals surface area (Å²) in [4.78, 5) is 20.5. The summed E-state index contributed by atoms with van der Waals surface area (Å²) in [5.41, 5.74) is 3.64. The molecule has 1 aliphatic rings. The number of nitro benzene ring substituents is 1. The van der Waals surface area contributed by atoms with Gasteiger partial charge in [0.15, 0.2) is 0 Å². The average Bonchev–Trinajstić information content (AvgIpc) is 3.04. The lowest BCUT2D eigenvalue weighted by Gasteiger charge is -2.12. The summed E-state index contributed by atoms with van der Waals surface area (Å²) in [6.07, 6.45) is 0.186. The second-order valence-corrected chi connectivity index (χ2v) is 6.66. The third-order valence-electron chi connectivity index (χ3n) is 3.03. The van der Waals surface area contributed by atoms with Crippen LogP contribution in [0.1, 0.15) is 19.8 Å². The quantitative estimate of drug-likeness (QED) is 0.610. The van der Waals surface area contributed by atoms with E-state index in [4.69, 9.17) is 5.73 Å². The lowest BCUT2D eigenvalue weighted by Crippen LogP contribution is -2.34. The number of benzene rings is 1. The fraction of sp³-hybridized carbons (Fsp3) is 0.364. The van der Waals surface area contributed by atoms with Crippen molar-refractivity contribution in [3.05, 3.63) is 28.3 Å². The summed E-state index contributed by atoms with van der Waals surface area (Å²) in [6, 6.07) is 2.96. The number of carbonyl (C=O) groups is 1. The molecule has 114 valence electrons. The van der Waals surface area contributed by atoms with E-state index < -0.39 is 38.0 Å². The number of amides is 1. The summed E-state index contributed by atoms with van der Waals surface area (Å²) in [5, 5.41) is 10.9. The Labute approximate surface area is 120 Å². The summed E-state index contributed by atoms with van der Waals surface area (Å²) >= 11 is 0. The Morgan fingerprint density at radius 1 is 1.48 bits per heavy atom. The minimum atomic E-state index is -3.88. The Hall–Kier alpha value is -2.20. The van der Waals surface area contributed by atoms with E-state index in [0.29, 0.717) is 12.8 Å². The molecule has 9 nitrogen and oxygen atoms in total. The molecule has 0 radical (unpaired) electrons. The molecule has 0 aliphatic heterocycles. The van der Waals surface area contributed by atoms with Gasteiger partial charge in [0.1, 0.15) is 0 Å². The number of nitrogens with two attached hydrogens (primary N) is 1. The van der Waals surface area contributed by atoms with Gasteiger partial charge in [0, 0.05) is 11.6 Å². The standard InChI is InChI=1S/C11H13N3O6S/c1-11(4-5-11)13-21(18,19)7-2-3-9(20-10(12)15)8(6-7)14(16)17/h2-3,6,13H,4-5H2,1H3,(H2,12,15). The number of sulfonamides is 1. The van der Waals surface area contributed by atoms with Crippen molar-refractivity contribution >= 4 is 21.8 Å². The van der Waals surface area contributed by atoms with Gasteiger partial charge in [-0.1, -0.05) is 0 Å². The molecule has 0 atom stereocenters. The Morgan fingerprint density at radius 2 is 2.10 bits per heavy atom. The summed E-state index contributed by atoms with van der Waals surface area (Å²) < 4.78 is 31.2. The van der Waals surface area contributed by atoms with E-state index in [0.717, 1.165) is 18.2 Å². The smallest absolute Gasteiger partial charge is 0.403 e. The van der Waals surface area contributed by atoms with Gasteiger partial charge in [-0.15, -0.1) is 0 Å². The van der Waals surface area contributed by atoms with Gasteiger partial charge in [-0.3, -0.25) is 10.1 Å². The molecule has 1 fully saturated rings. The molecular weight excluding hydrogens is 302 g/mol. The maximum atomic E-state index is 12.1. The van der Waals surface area contributed by atoms with Crippen molar-refractivity contribution in [3.8, 4) is 5.75 Å². The Balaban J connectivity index is 2.39. The maximum absolute atomic E-state index is 12.1. The maximum Gasteiger partial charge on any atom is 0.410 e. The van der Waals surface area contributed by atoms with E-state index >= 15 is 0 Å². The third kappa shape index (κ3) is 3.47. The van der Waals surface area contributed by atoms with Crippen molar-refractivity contribution in [1.29, 1.82) is 0 Å². The highest BCUT2D eigenvalue weighted by Gasteiger charge is 2.41. The highest BCUT2D eigenvalue weighted by molar-refractivity contribution is 7.89. The molecule has 0 spiro atoms. The van der Waals surface area contributed by atoms with Crippen LogP contribution < -0.4 is 15.2 Å². The number of nitro groups is 1. The monoisotopic (exact) mass is 315 g/mol. The summed E-state index contributed by atoms with van der Waals surface area (Å²) in [6.45, 7) is 1.74. The lowest BCUT2D eigenvalue weighted by molar-refractivity contribution is -0.385. The average molecular weight is 315 g/mol. The van der Waals surface area contributed by atoms with Gasteiger partial charge < -0.3 is 10.5 Å². The molecule has 1 saturated carbocycles. The van der Waals surface area contributed by atoms with Crippen molar-refractivity contribution in [3.63, 3.8) is 0 Å². The third-order valence-corrected chi connectivity index (χ3v) is 4.66. The Kier molecular flexibility index (Phi) is 3.59. The first-order valence-corrected chi connectivity index (χ1v) is 7.41. The van der Waals surface area contributed by atoms with Crippen LogP contribution in [0.3, 0.4) is 0 Å². The van der Waals surface area contributed by atoms with Crippen LogP contribution >= 0.6 is 0 Å². The highest BCUT2D eigenvalue weighted by atomic mass is 32.2. The van der Waals surface area contributed by atoms with Crippen LogP contribution in [0.5, 0.6) is 5.75 Å². The Morgan fingerprint density at radius 3 is 2.57 bits per heavy atom. The predicted octanol–water partition coefficient (Wildman–Crippen LogP) is 0.883. The first-order chi connectivity index (χ1) is 9.63. The number of nitrogens with zero attached hydrogens (tertiary/aromatic N) is 1. The van der Waals surface area contributed by atoms with E-state index in [-0.39, 0.29) is 4.90 Å². The van der Waals surface area contributed by atoms with Gasteiger partial charge in [-0.05, 0) is 31.9 Å². The molecular formula is C11H13N3O6S. The van der Waals surface area contributed by atoms with Gasteiger partial charge in [0.2, 0.25) is 15.8 Å². The minimum absolute atomic E-state index is 0.279. The lowest BCUT2D eigenvalue weighted by atomic mass is 10.3. The molecule has 1 amide bonds. The number of hydrogen-bond donors (Lipinski definition) is 2. The van der Waals surface area contributed by atoms with Crippen molar-refractivity contribution in [2.75, 3.05) is 0 Å². The van der Waals surface area contributed by atoms with E-state index in [9.17, 15) is 23.3 Å². The van der Waals surface area contributed by atoms with Crippen LogP contribution in [0.15, 0.2) is 23.1 Å². The van der Waals surface area contributed by atoms with Crippen LogP contribution in [0, 0.1) is 10.1 Å². The van der Waals surface area contributed by atoms with Gasteiger partial charge in [-0.25, -0.2) is 17.9 Å². The fourth-order valence-electron chi connectivity index (χ4n) is 1.67. The molecule has 0 aromatic heterocycles. The molecule has 21 heavy (non-hydrogen) atoms. The molecule has 0 heterocycles. The number of nitrogens with one attached hydrogen (secondary N) is 1.